The van der Waals surface area contributed by atoms with Gasteiger partial charge in [0.2, 0.25) is 0 Å². The second kappa shape index (κ2) is 4.48. The van der Waals surface area contributed by atoms with Crippen LogP contribution in [0.15, 0.2) is 0 Å². The smallest absolute Gasteiger partial charge is 0 e. The zero-order chi connectivity index (χ0) is 3.58. The SMILES string of the molecule is [Al].[O-]B([O-])[O-]. The molecule has 3 radical (unpaired) electrons. The van der Waals surface area contributed by atoms with Crippen molar-refractivity contribution >= 4 is 24.7 Å². The quantitative estimate of drug-likeness (QED) is 0.280. The molecule has 0 atom stereocenters. The van der Waals surface area contributed by atoms with Crippen LogP contribution in [0.1, 0.15) is 0 Å². The molecule has 27 valence electrons. The largest absolute Gasteiger partial charge is 0.907 e. The summed E-state index contributed by atoms with van der Waals surface area (Å²) in [5.41, 5.74) is 0. The highest BCUT2D eigenvalue weighted by atomic mass is 27.0. The van der Waals surface area contributed by atoms with Crippen molar-refractivity contribution in [3.8, 4) is 0 Å². The molecule has 0 bridgehead atoms. The van der Waals surface area contributed by atoms with Crippen LogP contribution in [0.2, 0.25) is 0 Å². The number of hydrogen-bond acceptors (Lipinski definition) is 3. The fourth-order valence-corrected chi connectivity index (χ4v) is 0. The minimum Gasteiger partial charge on any atom is -0.907 e. The van der Waals surface area contributed by atoms with Crippen molar-refractivity contribution in [1.29, 1.82) is 0 Å². The second-order valence-electron chi connectivity index (χ2n) is 0.289. The van der Waals surface area contributed by atoms with E-state index in [0.717, 1.165) is 0 Å². The molecule has 0 saturated carbocycles. The lowest BCUT2D eigenvalue weighted by atomic mass is 10.3. The summed E-state index contributed by atoms with van der Waals surface area (Å²) in [4.78, 5) is 0. The summed E-state index contributed by atoms with van der Waals surface area (Å²) < 4.78 is 0. The zero-order valence-electron chi connectivity index (χ0n) is 2.38. The van der Waals surface area contributed by atoms with Gasteiger partial charge in [-0.15, -0.1) is 0 Å². The van der Waals surface area contributed by atoms with Crippen LogP contribution in [-0.4, -0.2) is 24.7 Å². The fraction of sp³-hybridized carbons (Fsp3) is 0. The van der Waals surface area contributed by atoms with Crippen LogP contribution in [0.3, 0.4) is 0 Å². The van der Waals surface area contributed by atoms with Gasteiger partial charge in [-0.3, -0.25) is 7.32 Å². The Kier molecular flexibility index (Phi) is 8.13. The van der Waals surface area contributed by atoms with Crippen molar-refractivity contribution in [2.75, 3.05) is 0 Å². The van der Waals surface area contributed by atoms with Crippen LogP contribution in [0.25, 0.3) is 0 Å². The Morgan fingerprint density at radius 2 is 1.00 bits per heavy atom. The molecule has 0 spiro atoms. The van der Waals surface area contributed by atoms with Crippen molar-refractivity contribution in [3.05, 3.63) is 0 Å². The molecule has 0 aliphatic carbocycles. The molecule has 0 amide bonds. The first kappa shape index (κ1) is 9.08. The average molecular weight is 85.8 g/mol. The van der Waals surface area contributed by atoms with Crippen molar-refractivity contribution in [2.45, 2.75) is 0 Å². The minimum absolute atomic E-state index is 0. The molecule has 0 aliphatic rings. The molecule has 0 fully saturated rings. The maximum absolute atomic E-state index is 8.42. The standard InChI is InChI=1S/Al.BO3/c;2-1(3)4/q;-3. The van der Waals surface area contributed by atoms with Gasteiger partial charge in [-0.2, -0.15) is 0 Å². The number of hydrogen-bond donors (Lipinski definition) is 0. The van der Waals surface area contributed by atoms with E-state index in [1.54, 1.807) is 0 Å². The Morgan fingerprint density at radius 1 is 1.00 bits per heavy atom. The van der Waals surface area contributed by atoms with Gasteiger partial charge >= 0.3 is 0 Å². The molecular weight excluding hydrogens is 85.8 g/mol. The van der Waals surface area contributed by atoms with E-state index < -0.39 is 7.32 Å². The van der Waals surface area contributed by atoms with Crippen molar-refractivity contribution in [3.63, 3.8) is 0 Å². The van der Waals surface area contributed by atoms with Gasteiger partial charge in [0.05, 0.1) is 0 Å². The first-order valence-corrected chi connectivity index (χ1v) is 0.707. The maximum atomic E-state index is 8.42. The van der Waals surface area contributed by atoms with E-state index in [0.29, 0.717) is 0 Å². The third kappa shape index (κ3) is 121. The van der Waals surface area contributed by atoms with E-state index in [4.69, 9.17) is 15.1 Å². The van der Waals surface area contributed by atoms with Gasteiger partial charge in [-0.05, 0) is 0 Å². The van der Waals surface area contributed by atoms with Gasteiger partial charge in [0, 0.05) is 17.4 Å². The average Bonchev–Trinajstić information content (AvgIpc) is 0.811. The summed E-state index contributed by atoms with van der Waals surface area (Å²) >= 11 is 0. The first-order valence-electron chi connectivity index (χ1n) is 0.707. The normalized spacial score (nSPS) is 5.40. The van der Waals surface area contributed by atoms with E-state index in [-0.39, 0.29) is 17.4 Å². The topological polar surface area (TPSA) is 69.2 Å². The lowest BCUT2D eigenvalue weighted by molar-refractivity contribution is -0.479. The van der Waals surface area contributed by atoms with Gasteiger partial charge in [0.15, 0.2) is 0 Å². The molecule has 0 saturated heterocycles. The highest BCUT2D eigenvalue weighted by molar-refractivity contribution is 6.24. The third-order valence-electron chi connectivity index (χ3n) is 0. The molecule has 0 aromatic rings. The Bertz CT molecular complexity index is 11.6. The van der Waals surface area contributed by atoms with E-state index >= 15 is 0 Å². The molecule has 5 heteroatoms. The predicted octanol–water partition coefficient (Wildman–Crippen LogP) is -4.33. The highest BCUT2D eigenvalue weighted by Gasteiger charge is 1.17. The molecule has 0 aromatic carbocycles. The van der Waals surface area contributed by atoms with Gasteiger partial charge in [0.1, 0.15) is 0 Å². The predicted molar refractivity (Wildman–Crippen MR) is 11.5 cm³/mol. The molecule has 5 heavy (non-hydrogen) atoms. The maximum Gasteiger partial charge on any atom is 0 e. The van der Waals surface area contributed by atoms with Crippen LogP contribution in [-0.2, 0) is 0 Å². The molecule has 0 aliphatic heterocycles. The van der Waals surface area contributed by atoms with Crippen LogP contribution in [0, 0.1) is 0 Å². The molecule has 0 aromatic heterocycles. The lowest BCUT2D eigenvalue weighted by Gasteiger charge is -2.35. The summed E-state index contributed by atoms with van der Waals surface area (Å²) in [5, 5.41) is 25.2. The van der Waals surface area contributed by atoms with Crippen molar-refractivity contribution in [1.82, 2.24) is 0 Å². The summed E-state index contributed by atoms with van der Waals surface area (Å²) in [7, 11) is -2.92. The first-order chi connectivity index (χ1) is 1.73. The van der Waals surface area contributed by atoms with Crippen LogP contribution in [0.5, 0.6) is 0 Å². The van der Waals surface area contributed by atoms with Crippen LogP contribution >= 0.6 is 0 Å². The number of rotatable bonds is 0. The van der Waals surface area contributed by atoms with Gasteiger partial charge in [-0.25, -0.2) is 0 Å². The highest BCUT2D eigenvalue weighted by Crippen LogP contribution is 0.994. The zero-order valence-corrected chi connectivity index (χ0v) is 3.53. The Balaban J connectivity index is 0. The van der Waals surface area contributed by atoms with E-state index in [9.17, 15) is 0 Å². The summed E-state index contributed by atoms with van der Waals surface area (Å²) in [6, 6.07) is 0. The molecule has 0 unspecified atom stereocenters. The van der Waals surface area contributed by atoms with Gasteiger partial charge < -0.3 is 15.1 Å². The third-order valence-corrected chi connectivity index (χ3v) is 0. The Hall–Kier alpha value is 0.477. The summed E-state index contributed by atoms with van der Waals surface area (Å²) in [5.74, 6) is 0. The van der Waals surface area contributed by atoms with Crippen LogP contribution in [0.4, 0.5) is 0 Å². The Labute approximate surface area is 40.6 Å². The van der Waals surface area contributed by atoms with Crippen molar-refractivity contribution in [2.24, 2.45) is 0 Å². The van der Waals surface area contributed by atoms with Gasteiger partial charge in [-0.1, -0.05) is 0 Å². The van der Waals surface area contributed by atoms with E-state index in [2.05, 4.69) is 0 Å². The lowest BCUT2D eigenvalue weighted by Crippen LogP contribution is -2.56. The molecule has 3 nitrogen and oxygen atoms in total. The molecule has 0 rings (SSSR count). The monoisotopic (exact) mass is 86.0 g/mol. The molecule has 0 heterocycles. The minimum atomic E-state index is -2.92. The Morgan fingerprint density at radius 3 is 1.00 bits per heavy atom. The van der Waals surface area contributed by atoms with E-state index in [1.807, 2.05) is 0 Å². The van der Waals surface area contributed by atoms with Crippen LogP contribution < -0.4 is 15.1 Å². The summed E-state index contributed by atoms with van der Waals surface area (Å²) in [6.45, 7) is 0. The fourth-order valence-electron chi connectivity index (χ4n) is 0. The van der Waals surface area contributed by atoms with E-state index in [1.165, 1.54) is 0 Å². The molecule has 0 N–H and O–H groups in total. The van der Waals surface area contributed by atoms with Crippen molar-refractivity contribution < 1.29 is 15.1 Å². The molecular formula is AlBO3-3. The summed E-state index contributed by atoms with van der Waals surface area (Å²) in [6.07, 6.45) is 0. The second-order valence-corrected chi connectivity index (χ2v) is 0.289. The van der Waals surface area contributed by atoms with Gasteiger partial charge in [0.25, 0.3) is 0 Å².